The summed E-state index contributed by atoms with van der Waals surface area (Å²) in [6, 6.07) is 16.3. The second kappa shape index (κ2) is 14.6. The number of benzene rings is 3. The molecule has 0 aromatic heterocycles. The molecule has 1 atom stereocenters. The Kier molecular flexibility index (Phi) is 11.5. The van der Waals surface area contributed by atoms with Gasteiger partial charge in [0.15, 0.2) is 11.5 Å². The van der Waals surface area contributed by atoms with Crippen molar-refractivity contribution in [2.24, 2.45) is 5.92 Å². The van der Waals surface area contributed by atoms with Gasteiger partial charge in [0, 0.05) is 29.2 Å². The van der Waals surface area contributed by atoms with E-state index in [0.29, 0.717) is 27.9 Å². The number of nitrogens with zero attached hydrogens (tertiary/aromatic N) is 2. The maximum absolute atomic E-state index is 14.1. The smallest absolute Gasteiger partial charge is 0.264 e. The second-order valence-corrected chi connectivity index (χ2v) is 12.6. The molecule has 0 radical (unpaired) electrons. The van der Waals surface area contributed by atoms with E-state index in [1.54, 1.807) is 31.2 Å². The third-order valence-corrected chi connectivity index (χ3v) is 8.88. The van der Waals surface area contributed by atoms with Crippen molar-refractivity contribution in [2.75, 3.05) is 31.6 Å². The van der Waals surface area contributed by atoms with E-state index in [-0.39, 0.29) is 34.7 Å². The zero-order valence-electron chi connectivity index (χ0n) is 24.1. The topological polar surface area (TPSA) is 105 Å². The maximum atomic E-state index is 14.1. The van der Waals surface area contributed by atoms with E-state index < -0.39 is 28.5 Å². The van der Waals surface area contributed by atoms with E-state index >= 15 is 0 Å². The first-order chi connectivity index (χ1) is 19.9. The molecule has 0 heterocycles. The Balaban J connectivity index is 2.06. The number of carbonyl (C=O) groups excluding carboxylic acids is 2. The van der Waals surface area contributed by atoms with E-state index in [1.807, 2.05) is 13.8 Å². The summed E-state index contributed by atoms with van der Waals surface area (Å²) in [5, 5.41) is 3.66. The van der Waals surface area contributed by atoms with Crippen molar-refractivity contribution < 1.29 is 27.5 Å². The van der Waals surface area contributed by atoms with Crippen LogP contribution in [-0.2, 0) is 26.2 Å². The molecule has 1 N–H and O–H groups in total. The number of hydrogen-bond acceptors (Lipinski definition) is 6. The molecule has 0 aliphatic carbocycles. The lowest BCUT2D eigenvalue weighted by Crippen LogP contribution is -2.51. The molecule has 12 heteroatoms. The maximum Gasteiger partial charge on any atom is 0.264 e. The van der Waals surface area contributed by atoms with Crippen LogP contribution in [0.2, 0.25) is 10.0 Å². The second-order valence-electron chi connectivity index (χ2n) is 9.93. The molecule has 0 spiro atoms. The van der Waals surface area contributed by atoms with Crippen molar-refractivity contribution in [2.45, 2.75) is 38.3 Å². The van der Waals surface area contributed by atoms with Gasteiger partial charge in [-0.15, -0.1) is 0 Å². The third kappa shape index (κ3) is 8.08. The fourth-order valence-electron chi connectivity index (χ4n) is 4.09. The summed E-state index contributed by atoms with van der Waals surface area (Å²) < 4.78 is 39.7. The Hall–Kier alpha value is -3.47. The highest BCUT2D eigenvalue weighted by Gasteiger charge is 2.33. The molecule has 2 amide bonds. The number of methoxy groups -OCH3 is 2. The summed E-state index contributed by atoms with van der Waals surface area (Å²) >= 11 is 12.5. The van der Waals surface area contributed by atoms with Crippen LogP contribution in [0.3, 0.4) is 0 Å². The van der Waals surface area contributed by atoms with Crippen molar-refractivity contribution in [3.63, 3.8) is 0 Å². The number of carbonyl (C=O) groups is 2. The van der Waals surface area contributed by atoms with Gasteiger partial charge in [-0.2, -0.15) is 0 Å². The molecule has 9 nitrogen and oxygen atoms in total. The summed E-state index contributed by atoms with van der Waals surface area (Å²) in [5.74, 6) is -0.235. The Bertz CT molecular complexity index is 1500. The summed E-state index contributed by atoms with van der Waals surface area (Å²) in [7, 11) is -1.48. The lowest BCUT2D eigenvalue weighted by molar-refractivity contribution is -0.139. The van der Waals surface area contributed by atoms with Crippen molar-refractivity contribution in [3.8, 4) is 11.5 Å². The fraction of sp³-hybridized carbons (Fsp3) is 0.333. The molecule has 226 valence electrons. The van der Waals surface area contributed by atoms with Gasteiger partial charge < -0.3 is 19.7 Å². The number of amides is 2. The average molecular weight is 637 g/mol. The molecule has 0 aliphatic rings. The average Bonchev–Trinajstić information content (AvgIpc) is 2.97. The standard InChI is InChI=1S/C30H35Cl2N3O6S/c1-20(2)17-33-30(37)21(3)34(18-22-8-6-7-9-26(22)32)29(36)19-35(24-12-10-23(31)11-13-24)42(38,39)25-14-15-27(40-4)28(16-25)41-5/h6-16,20-21H,17-19H2,1-5H3,(H,33,37)/t21-/m1/s1. The van der Waals surface area contributed by atoms with Gasteiger partial charge in [-0.3, -0.25) is 13.9 Å². The van der Waals surface area contributed by atoms with E-state index in [1.165, 1.54) is 61.6 Å². The first kappa shape index (κ1) is 33.0. The van der Waals surface area contributed by atoms with Crippen LogP contribution in [0.5, 0.6) is 11.5 Å². The number of sulfonamides is 1. The van der Waals surface area contributed by atoms with Crippen LogP contribution < -0.4 is 19.1 Å². The molecule has 0 saturated carbocycles. The van der Waals surface area contributed by atoms with Gasteiger partial charge in [0.25, 0.3) is 10.0 Å². The number of halogens is 2. The van der Waals surface area contributed by atoms with Crippen LogP contribution in [0.25, 0.3) is 0 Å². The summed E-state index contributed by atoms with van der Waals surface area (Å²) in [6.45, 7) is 5.31. The van der Waals surface area contributed by atoms with Crippen LogP contribution in [-0.4, -0.2) is 58.5 Å². The number of anilines is 1. The fourth-order valence-corrected chi connectivity index (χ4v) is 5.84. The number of ether oxygens (including phenoxy) is 2. The highest BCUT2D eigenvalue weighted by molar-refractivity contribution is 7.92. The monoisotopic (exact) mass is 635 g/mol. The van der Waals surface area contributed by atoms with Crippen molar-refractivity contribution in [3.05, 3.63) is 82.3 Å². The summed E-state index contributed by atoms with van der Waals surface area (Å²) in [5.41, 5.74) is 0.814. The van der Waals surface area contributed by atoms with Crippen molar-refractivity contribution >= 4 is 50.7 Å². The van der Waals surface area contributed by atoms with E-state index in [4.69, 9.17) is 32.7 Å². The first-order valence-corrected chi connectivity index (χ1v) is 15.4. The quantitative estimate of drug-likeness (QED) is 0.270. The zero-order chi connectivity index (χ0) is 31.0. The zero-order valence-corrected chi connectivity index (χ0v) is 26.5. The third-order valence-electron chi connectivity index (χ3n) is 6.49. The van der Waals surface area contributed by atoms with Crippen LogP contribution >= 0.6 is 23.2 Å². The molecule has 3 rings (SSSR count). The molecule has 0 aliphatic heterocycles. The molecule has 3 aromatic carbocycles. The predicted octanol–water partition coefficient (Wildman–Crippen LogP) is 5.40. The predicted molar refractivity (Wildman–Crippen MR) is 165 cm³/mol. The molecular formula is C30H35Cl2N3O6S. The van der Waals surface area contributed by atoms with Gasteiger partial charge >= 0.3 is 0 Å². The summed E-state index contributed by atoms with van der Waals surface area (Å²) in [6.07, 6.45) is 0. The normalized spacial score (nSPS) is 12.0. The van der Waals surface area contributed by atoms with Gasteiger partial charge in [-0.1, -0.05) is 55.2 Å². The van der Waals surface area contributed by atoms with Gasteiger partial charge in [-0.05, 0) is 60.9 Å². The Morgan fingerprint density at radius 2 is 1.55 bits per heavy atom. The molecule has 0 bridgehead atoms. The van der Waals surface area contributed by atoms with E-state index in [2.05, 4.69) is 5.32 Å². The van der Waals surface area contributed by atoms with Gasteiger partial charge in [0.2, 0.25) is 11.8 Å². The summed E-state index contributed by atoms with van der Waals surface area (Å²) in [4.78, 5) is 28.3. The molecule has 0 fully saturated rings. The first-order valence-electron chi connectivity index (χ1n) is 13.2. The molecule has 0 saturated heterocycles. The van der Waals surface area contributed by atoms with Crippen LogP contribution in [0.1, 0.15) is 26.3 Å². The lowest BCUT2D eigenvalue weighted by Gasteiger charge is -2.32. The van der Waals surface area contributed by atoms with Crippen LogP contribution in [0.4, 0.5) is 5.69 Å². The highest BCUT2D eigenvalue weighted by atomic mass is 35.5. The number of rotatable bonds is 13. The van der Waals surface area contributed by atoms with Crippen molar-refractivity contribution in [1.82, 2.24) is 10.2 Å². The molecule has 0 unspecified atom stereocenters. The van der Waals surface area contributed by atoms with Gasteiger partial charge in [0.1, 0.15) is 12.6 Å². The van der Waals surface area contributed by atoms with Crippen LogP contribution in [0.15, 0.2) is 71.6 Å². The lowest BCUT2D eigenvalue weighted by atomic mass is 10.1. The van der Waals surface area contributed by atoms with E-state index in [9.17, 15) is 18.0 Å². The molecule has 42 heavy (non-hydrogen) atoms. The Morgan fingerprint density at radius 3 is 2.14 bits per heavy atom. The highest BCUT2D eigenvalue weighted by Crippen LogP contribution is 2.33. The van der Waals surface area contributed by atoms with Gasteiger partial charge in [-0.25, -0.2) is 8.42 Å². The minimum atomic E-state index is -4.32. The van der Waals surface area contributed by atoms with E-state index in [0.717, 1.165) is 4.31 Å². The number of nitrogens with one attached hydrogen (secondary N) is 1. The molecular weight excluding hydrogens is 601 g/mol. The minimum Gasteiger partial charge on any atom is -0.493 e. The van der Waals surface area contributed by atoms with Crippen LogP contribution in [0, 0.1) is 5.92 Å². The number of hydrogen-bond donors (Lipinski definition) is 1. The minimum absolute atomic E-state index is 0.0142. The molecule has 3 aromatic rings. The SMILES string of the molecule is COc1ccc(S(=O)(=O)N(CC(=O)N(Cc2ccccc2Cl)[C@H](C)C(=O)NCC(C)C)c2ccc(Cl)cc2)cc1OC. The largest absolute Gasteiger partial charge is 0.493 e. The Morgan fingerprint density at radius 1 is 0.905 bits per heavy atom. The van der Waals surface area contributed by atoms with Gasteiger partial charge in [0.05, 0.1) is 24.8 Å². The van der Waals surface area contributed by atoms with Crippen molar-refractivity contribution in [1.29, 1.82) is 0 Å². The Labute approximate surface area is 257 Å².